The smallest absolute Gasteiger partial charge is 0.306 e. The summed E-state index contributed by atoms with van der Waals surface area (Å²) < 4.78 is 5.24. The number of unbranched alkanes of at least 4 members (excludes halogenated alkanes) is 13. The summed E-state index contributed by atoms with van der Waals surface area (Å²) in [4.78, 5) is 21.9. The average molecular weight is 410 g/mol. The molecule has 0 heterocycles. The zero-order chi connectivity index (χ0) is 21.3. The monoisotopic (exact) mass is 409 g/mol. The SMILES string of the molecule is CCCCCC/C=C\COC(=O)CCCCCCCNCCCCCCCC=O. The summed E-state index contributed by atoms with van der Waals surface area (Å²) in [6, 6.07) is 0. The summed E-state index contributed by atoms with van der Waals surface area (Å²) in [5.74, 6) is -0.0616. The van der Waals surface area contributed by atoms with E-state index in [-0.39, 0.29) is 5.97 Å². The number of hydrogen-bond donors (Lipinski definition) is 1. The van der Waals surface area contributed by atoms with Gasteiger partial charge in [0.1, 0.15) is 12.9 Å². The second kappa shape index (κ2) is 24.9. The van der Waals surface area contributed by atoms with Gasteiger partial charge in [-0.3, -0.25) is 4.79 Å². The number of ether oxygens (including phenoxy) is 1. The van der Waals surface area contributed by atoms with Crippen molar-refractivity contribution in [3.8, 4) is 0 Å². The second-order valence-electron chi connectivity index (χ2n) is 7.99. The van der Waals surface area contributed by atoms with Gasteiger partial charge in [0.05, 0.1) is 0 Å². The molecule has 4 nitrogen and oxygen atoms in total. The molecule has 0 amide bonds. The fourth-order valence-electron chi connectivity index (χ4n) is 3.27. The third-order valence-corrected chi connectivity index (χ3v) is 5.14. The maximum Gasteiger partial charge on any atom is 0.306 e. The number of aldehydes is 1. The highest BCUT2D eigenvalue weighted by Crippen LogP contribution is 2.07. The molecule has 29 heavy (non-hydrogen) atoms. The number of carbonyl (C=O) groups excluding carboxylic acids is 2. The number of hydrogen-bond acceptors (Lipinski definition) is 4. The van der Waals surface area contributed by atoms with Crippen LogP contribution < -0.4 is 5.32 Å². The Morgan fingerprint density at radius 3 is 2.00 bits per heavy atom. The van der Waals surface area contributed by atoms with Gasteiger partial charge in [-0.1, -0.05) is 76.9 Å². The number of esters is 1. The van der Waals surface area contributed by atoms with Crippen LogP contribution in [0.3, 0.4) is 0 Å². The molecule has 170 valence electrons. The van der Waals surface area contributed by atoms with Crippen molar-refractivity contribution in [2.24, 2.45) is 0 Å². The number of allylic oxidation sites excluding steroid dienone is 1. The van der Waals surface area contributed by atoms with E-state index in [1.54, 1.807) is 0 Å². The normalized spacial score (nSPS) is 11.2. The fraction of sp³-hybridized carbons (Fsp3) is 0.840. The van der Waals surface area contributed by atoms with Crippen LogP contribution in [-0.4, -0.2) is 32.0 Å². The molecule has 0 atom stereocenters. The van der Waals surface area contributed by atoms with Crippen molar-refractivity contribution in [2.45, 2.75) is 116 Å². The highest BCUT2D eigenvalue weighted by atomic mass is 16.5. The van der Waals surface area contributed by atoms with Gasteiger partial charge in [0, 0.05) is 12.8 Å². The van der Waals surface area contributed by atoms with Gasteiger partial charge in [-0.25, -0.2) is 0 Å². The summed E-state index contributed by atoms with van der Waals surface area (Å²) in [6.45, 7) is 4.85. The molecule has 0 aliphatic rings. The van der Waals surface area contributed by atoms with E-state index in [2.05, 4.69) is 18.3 Å². The minimum absolute atomic E-state index is 0.0616. The Morgan fingerprint density at radius 2 is 1.31 bits per heavy atom. The summed E-state index contributed by atoms with van der Waals surface area (Å²) in [5, 5.41) is 3.51. The maximum atomic E-state index is 11.7. The van der Waals surface area contributed by atoms with Crippen LogP contribution in [0.5, 0.6) is 0 Å². The zero-order valence-electron chi connectivity index (χ0n) is 19.1. The lowest BCUT2D eigenvalue weighted by Crippen LogP contribution is -2.16. The van der Waals surface area contributed by atoms with Crippen LogP contribution in [0, 0.1) is 0 Å². The molecular formula is C25H47NO3. The molecule has 0 fully saturated rings. The predicted octanol–water partition coefficient (Wildman–Crippen LogP) is 6.53. The first kappa shape index (κ1) is 27.8. The van der Waals surface area contributed by atoms with Gasteiger partial charge in [0.15, 0.2) is 0 Å². The lowest BCUT2D eigenvalue weighted by molar-refractivity contribution is -0.142. The third-order valence-electron chi connectivity index (χ3n) is 5.14. The molecular weight excluding hydrogens is 362 g/mol. The first-order valence-electron chi connectivity index (χ1n) is 12.3. The molecule has 0 aliphatic heterocycles. The molecule has 1 N–H and O–H groups in total. The fourth-order valence-corrected chi connectivity index (χ4v) is 3.27. The highest BCUT2D eigenvalue weighted by Gasteiger charge is 2.01. The molecule has 0 spiro atoms. The Morgan fingerprint density at radius 1 is 0.724 bits per heavy atom. The Balaban J connectivity index is 3.19. The van der Waals surface area contributed by atoms with Gasteiger partial charge in [0.2, 0.25) is 0 Å². The quantitative estimate of drug-likeness (QED) is 0.0902. The van der Waals surface area contributed by atoms with Crippen LogP contribution in [0.15, 0.2) is 12.2 Å². The lowest BCUT2D eigenvalue weighted by Gasteiger charge is -2.05. The van der Waals surface area contributed by atoms with Crippen molar-refractivity contribution in [1.82, 2.24) is 5.32 Å². The van der Waals surface area contributed by atoms with Gasteiger partial charge >= 0.3 is 5.97 Å². The Kier molecular flexibility index (Phi) is 23.9. The van der Waals surface area contributed by atoms with Crippen molar-refractivity contribution in [3.63, 3.8) is 0 Å². The van der Waals surface area contributed by atoms with E-state index in [1.807, 2.05) is 6.08 Å². The number of carbonyl (C=O) groups is 2. The van der Waals surface area contributed by atoms with E-state index in [0.717, 1.165) is 51.5 Å². The average Bonchev–Trinajstić information content (AvgIpc) is 2.72. The van der Waals surface area contributed by atoms with Gasteiger partial charge in [0.25, 0.3) is 0 Å². The van der Waals surface area contributed by atoms with Gasteiger partial charge in [-0.05, 0) is 51.6 Å². The topological polar surface area (TPSA) is 55.4 Å². The van der Waals surface area contributed by atoms with Crippen LogP contribution >= 0.6 is 0 Å². The van der Waals surface area contributed by atoms with Crippen molar-refractivity contribution >= 4 is 12.3 Å². The molecule has 0 aromatic heterocycles. The van der Waals surface area contributed by atoms with Crippen molar-refractivity contribution in [1.29, 1.82) is 0 Å². The Hall–Kier alpha value is -1.16. The van der Waals surface area contributed by atoms with E-state index in [4.69, 9.17) is 4.74 Å². The maximum absolute atomic E-state index is 11.7. The molecule has 0 aromatic carbocycles. The van der Waals surface area contributed by atoms with Crippen LogP contribution in [0.25, 0.3) is 0 Å². The van der Waals surface area contributed by atoms with Crippen LogP contribution in [-0.2, 0) is 14.3 Å². The number of nitrogens with one attached hydrogen (secondary N) is 1. The summed E-state index contributed by atoms with van der Waals surface area (Å²) >= 11 is 0. The molecule has 0 unspecified atom stereocenters. The minimum atomic E-state index is -0.0616. The van der Waals surface area contributed by atoms with Crippen molar-refractivity contribution < 1.29 is 14.3 Å². The van der Waals surface area contributed by atoms with E-state index < -0.39 is 0 Å². The van der Waals surface area contributed by atoms with Gasteiger partial charge < -0.3 is 14.8 Å². The molecule has 0 bridgehead atoms. The zero-order valence-corrected chi connectivity index (χ0v) is 19.1. The lowest BCUT2D eigenvalue weighted by atomic mass is 10.1. The van der Waals surface area contributed by atoms with Gasteiger partial charge in [-0.2, -0.15) is 0 Å². The molecule has 0 saturated carbocycles. The standard InChI is InChI=1S/C25H47NO3/c1-2-3-4-5-8-14-19-24-29-25(28)20-15-10-9-12-17-22-26-21-16-11-6-7-13-18-23-27/h14,19,23,26H,2-13,15-18,20-22,24H2,1H3/b19-14-. The molecule has 0 radical (unpaired) electrons. The van der Waals surface area contributed by atoms with Crippen molar-refractivity contribution in [2.75, 3.05) is 19.7 Å². The highest BCUT2D eigenvalue weighted by molar-refractivity contribution is 5.69. The summed E-state index contributed by atoms with van der Waals surface area (Å²) in [6.07, 6.45) is 24.3. The first-order chi connectivity index (χ1) is 14.3. The first-order valence-corrected chi connectivity index (χ1v) is 12.3. The van der Waals surface area contributed by atoms with Crippen LogP contribution in [0.4, 0.5) is 0 Å². The van der Waals surface area contributed by atoms with E-state index in [0.29, 0.717) is 13.0 Å². The molecule has 4 heteroatoms. The molecule has 0 rings (SSSR count). The largest absolute Gasteiger partial charge is 0.461 e. The number of rotatable bonds is 23. The Bertz CT molecular complexity index is 382. The van der Waals surface area contributed by atoms with Crippen LogP contribution in [0.1, 0.15) is 116 Å². The van der Waals surface area contributed by atoms with Crippen LogP contribution in [0.2, 0.25) is 0 Å². The van der Waals surface area contributed by atoms with E-state index in [9.17, 15) is 9.59 Å². The minimum Gasteiger partial charge on any atom is -0.461 e. The van der Waals surface area contributed by atoms with E-state index >= 15 is 0 Å². The van der Waals surface area contributed by atoms with Crippen molar-refractivity contribution in [3.05, 3.63) is 12.2 Å². The summed E-state index contributed by atoms with van der Waals surface area (Å²) in [5.41, 5.74) is 0. The molecule has 0 aromatic rings. The summed E-state index contributed by atoms with van der Waals surface area (Å²) in [7, 11) is 0. The Labute approximate surface area is 180 Å². The second-order valence-corrected chi connectivity index (χ2v) is 7.99. The van der Waals surface area contributed by atoms with Gasteiger partial charge in [-0.15, -0.1) is 0 Å². The molecule has 0 saturated heterocycles. The van der Waals surface area contributed by atoms with E-state index in [1.165, 1.54) is 70.6 Å². The molecule has 0 aliphatic carbocycles. The predicted molar refractivity (Wildman–Crippen MR) is 123 cm³/mol. The third kappa shape index (κ3) is 24.8.